The summed E-state index contributed by atoms with van der Waals surface area (Å²) >= 11 is 1.60. The monoisotopic (exact) mass is 471 g/mol. The molecule has 1 aliphatic heterocycles. The number of hydrogen-bond acceptors (Lipinski definition) is 6. The molecule has 1 unspecified atom stereocenters. The first kappa shape index (κ1) is 22.6. The third kappa shape index (κ3) is 4.32. The van der Waals surface area contributed by atoms with Crippen molar-refractivity contribution < 1.29 is 4.74 Å². The normalized spacial score (nSPS) is 16.3. The second-order valence-electron chi connectivity index (χ2n) is 8.90. The van der Waals surface area contributed by atoms with Gasteiger partial charge in [-0.3, -0.25) is 4.90 Å². The van der Waals surface area contributed by atoms with Gasteiger partial charge in [0, 0.05) is 53.3 Å². The second kappa shape index (κ2) is 9.59. The summed E-state index contributed by atoms with van der Waals surface area (Å²) in [6.07, 6.45) is 3.34. The van der Waals surface area contributed by atoms with Gasteiger partial charge < -0.3 is 14.0 Å². The van der Waals surface area contributed by atoms with E-state index in [0.29, 0.717) is 5.56 Å². The van der Waals surface area contributed by atoms with E-state index in [2.05, 4.69) is 64.7 Å². The predicted octanol–water partition coefficient (Wildman–Crippen LogP) is 5.31. The van der Waals surface area contributed by atoms with Gasteiger partial charge in [0.15, 0.2) is 0 Å². The van der Waals surface area contributed by atoms with Crippen molar-refractivity contribution in [3.63, 3.8) is 0 Å². The first-order valence-corrected chi connectivity index (χ1v) is 12.5. The maximum Gasteiger partial charge on any atom is 0.137 e. The third-order valence-corrected chi connectivity index (χ3v) is 7.71. The molecule has 1 aromatic carbocycles. The zero-order valence-electron chi connectivity index (χ0n) is 19.9. The second-order valence-corrected chi connectivity index (χ2v) is 9.81. The molecule has 0 radical (unpaired) electrons. The van der Waals surface area contributed by atoms with Gasteiger partial charge in [0.25, 0.3) is 0 Å². The topological polar surface area (TPSA) is 56.8 Å². The number of imidazole rings is 1. The Morgan fingerprint density at radius 2 is 1.85 bits per heavy atom. The molecule has 3 aromatic heterocycles. The standard InChI is InChI=1S/C27H29N5OS/c1-19(31-12-4-11-30(2)13-14-31)27-26(21-5-8-23(33-3)9-6-21)29-25-10-7-22(17-32(25)27)24-15-20(16-28)18-34-24/h5-10,15,17-19H,4,11-14H2,1-3H3. The summed E-state index contributed by atoms with van der Waals surface area (Å²) in [7, 11) is 3.89. The van der Waals surface area contributed by atoms with Crippen LogP contribution >= 0.6 is 11.3 Å². The Morgan fingerprint density at radius 3 is 2.59 bits per heavy atom. The van der Waals surface area contributed by atoms with E-state index in [1.54, 1.807) is 18.4 Å². The average molecular weight is 472 g/mol. The van der Waals surface area contributed by atoms with E-state index >= 15 is 0 Å². The number of aromatic nitrogens is 2. The molecule has 0 bridgehead atoms. The van der Waals surface area contributed by atoms with Crippen LogP contribution < -0.4 is 4.74 Å². The van der Waals surface area contributed by atoms with E-state index in [-0.39, 0.29) is 6.04 Å². The fourth-order valence-corrected chi connectivity index (χ4v) is 5.57. The predicted molar refractivity (Wildman–Crippen MR) is 137 cm³/mol. The number of benzene rings is 1. The van der Waals surface area contributed by atoms with Crippen LogP contribution in [0.1, 0.15) is 30.6 Å². The number of rotatable bonds is 5. The molecule has 0 saturated carbocycles. The maximum atomic E-state index is 9.26. The van der Waals surface area contributed by atoms with Crippen LogP contribution in [0.15, 0.2) is 54.0 Å². The molecule has 0 spiro atoms. The molecular weight excluding hydrogens is 442 g/mol. The summed E-state index contributed by atoms with van der Waals surface area (Å²) < 4.78 is 7.63. The number of likely N-dealkylation sites (N-methyl/N-ethyl adjacent to an activating group) is 1. The number of methoxy groups -OCH3 is 1. The Labute approximate surface area is 204 Å². The highest BCUT2D eigenvalue weighted by molar-refractivity contribution is 7.13. The van der Waals surface area contributed by atoms with E-state index in [9.17, 15) is 5.26 Å². The van der Waals surface area contributed by atoms with Gasteiger partial charge in [0.1, 0.15) is 17.5 Å². The molecule has 34 heavy (non-hydrogen) atoms. The van der Waals surface area contributed by atoms with Crippen molar-refractivity contribution in [3.05, 3.63) is 65.3 Å². The summed E-state index contributed by atoms with van der Waals surface area (Å²) in [6.45, 7) is 6.59. The highest BCUT2D eigenvalue weighted by Crippen LogP contribution is 2.35. The van der Waals surface area contributed by atoms with Gasteiger partial charge in [-0.2, -0.15) is 5.26 Å². The van der Waals surface area contributed by atoms with Crippen LogP contribution in [0.25, 0.3) is 27.3 Å². The molecule has 1 aliphatic rings. The highest BCUT2D eigenvalue weighted by Gasteiger charge is 2.26. The Hall–Kier alpha value is -3.18. The molecule has 1 saturated heterocycles. The number of nitrogens with zero attached hydrogens (tertiary/aromatic N) is 5. The number of thiophene rings is 1. The Morgan fingerprint density at radius 1 is 1.06 bits per heavy atom. The average Bonchev–Trinajstić information content (AvgIpc) is 3.44. The lowest BCUT2D eigenvalue weighted by Crippen LogP contribution is -2.32. The molecule has 1 fully saturated rings. The molecule has 174 valence electrons. The van der Waals surface area contributed by atoms with E-state index in [1.165, 1.54) is 5.69 Å². The van der Waals surface area contributed by atoms with Crippen molar-refractivity contribution in [1.29, 1.82) is 5.26 Å². The molecule has 4 heterocycles. The summed E-state index contributed by atoms with van der Waals surface area (Å²) in [6, 6.07) is 16.8. The van der Waals surface area contributed by atoms with Crippen LogP contribution in [0.3, 0.4) is 0 Å². The molecule has 6 nitrogen and oxygen atoms in total. The van der Waals surface area contributed by atoms with Crippen molar-refractivity contribution >= 4 is 17.0 Å². The molecule has 4 aromatic rings. The van der Waals surface area contributed by atoms with Gasteiger partial charge in [0.05, 0.1) is 24.1 Å². The molecule has 7 heteroatoms. The molecule has 0 N–H and O–H groups in total. The Balaban J connectivity index is 1.64. The zero-order valence-corrected chi connectivity index (χ0v) is 20.7. The number of hydrogen-bond donors (Lipinski definition) is 0. The fraction of sp³-hybridized carbons (Fsp3) is 0.333. The van der Waals surface area contributed by atoms with E-state index in [1.807, 2.05) is 23.6 Å². The lowest BCUT2D eigenvalue weighted by Gasteiger charge is -2.28. The van der Waals surface area contributed by atoms with Gasteiger partial charge in [0.2, 0.25) is 0 Å². The van der Waals surface area contributed by atoms with Crippen molar-refractivity contribution in [1.82, 2.24) is 19.2 Å². The SMILES string of the molecule is COc1ccc(-c2nc3ccc(-c4cc(C#N)cs4)cn3c2C(C)N2CCCN(C)CC2)cc1. The van der Waals surface area contributed by atoms with Crippen LogP contribution in [0.5, 0.6) is 5.75 Å². The van der Waals surface area contributed by atoms with Crippen molar-refractivity contribution in [2.24, 2.45) is 0 Å². The molecule has 0 amide bonds. The van der Waals surface area contributed by atoms with Gasteiger partial charge in [-0.05, 0) is 69.4 Å². The minimum Gasteiger partial charge on any atom is -0.497 e. The quantitative estimate of drug-likeness (QED) is 0.395. The fourth-order valence-electron chi connectivity index (χ4n) is 4.74. The summed E-state index contributed by atoms with van der Waals surface area (Å²) in [4.78, 5) is 11.2. The number of nitriles is 1. The van der Waals surface area contributed by atoms with Crippen LogP contribution in [0.4, 0.5) is 0 Å². The summed E-state index contributed by atoms with van der Waals surface area (Å²) in [5.41, 5.74) is 6.02. The smallest absolute Gasteiger partial charge is 0.137 e. The van der Waals surface area contributed by atoms with Gasteiger partial charge in [-0.1, -0.05) is 0 Å². The molecule has 1 atom stereocenters. The molecular formula is C27H29N5OS. The van der Waals surface area contributed by atoms with Gasteiger partial charge >= 0.3 is 0 Å². The number of pyridine rings is 1. The summed E-state index contributed by atoms with van der Waals surface area (Å²) in [5, 5.41) is 11.2. The van der Waals surface area contributed by atoms with Crippen LogP contribution in [0.2, 0.25) is 0 Å². The Kier molecular flexibility index (Phi) is 6.38. The molecule has 0 aliphatic carbocycles. The van der Waals surface area contributed by atoms with E-state index < -0.39 is 0 Å². The highest BCUT2D eigenvalue weighted by atomic mass is 32.1. The van der Waals surface area contributed by atoms with Crippen molar-refractivity contribution in [2.75, 3.05) is 40.3 Å². The van der Waals surface area contributed by atoms with Crippen LogP contribution in [0, 0.1) is 11.3 Å². The van der Waals surface area contributed by atoms with E-state index in [4.69, 9.17) is 9.72 Å². The van der Waals surface area contributed by atoms with Gasteiger partial charge in [-0.15, -0.1) is 11.3 Å². The summed E-state index contributed by atoms with van der Waals surface area (Å²) in [5.74, 6) is 0.839. The lowest BCUT2D eigenvalue weighted by atomic mass is 10.0. The zero-order chi connectivity index (χ0) is 23.7. The third-order valence-electron chi connectivity index (χ3n) is 6.73. The number of fused-ring (bicyclic) bond motifs is 1. The van der Waals surface area contributed by atoms with Crippen molar-refractivity contribution in [2.45, 2.75) is 19.4 Å². The van der Waals surface area contributed by atoms with Crippen LogP contribution in [-0.2, 0) is 0 Å². The van der Waals surface area contributed by atoms with Crippen LogP contribution in [-0.4, -0.2) is 59.5 Å². The largest absolute Gasteiger partial charge is 0.497 e. The first-order chi connectivity index (χ1) is 16.6. The minimum atomic E-state index is 0.201. The number of ether oxygens (including phenoxy) is 1. The lowest BCUT2D eigenvalue weighted by molar-refractivity contribution is 0.213. The Bertz CT molecular complexity index is 1330. The van der Waals surface area contributed by atoms with E-state index in [0.717, 1.165) is 65.7 Å². The maximum absolute atomic E-state index is 9.26. The minimum absolute atomic E-state index is 0.201. The van der Waals surface area contributed by atoms with Crippen molar-refractivity contribution in [3.8, 4) is 33.5 Å². The first-order valence-electron chi connectivity index (χ1n) is 11.7. The van der Waals surface area contributed by atoms with Gasteiger partial charge in [-0.25, -0.2) is 4.98 Å². The molecule has 5 rings (SSSR count).